The maximum atomic E-state index is 12.4. The van der Waals surface area contributed by atoms with Crippen LogP contribution in [0.15, 0.2) is 42.5 Å². The van der Waals surface area contributed by atoms with Crippen LogP contribution < -0.4 is 5.32 Å². The number of alkyl carbamates (subject to hydrolysis) is 1. The molecule has 0 bridgehead atoms. The largest absolute Gasteiger partial charge is 0.468 e. The van der Waals surface area contributed by atoms with Crippen LogP contribution in [0.2, 0.25) is 0 Å². The Morgan fingerprint density at radius 2 is 1.46 bits per heavy atom. The van der Waals surface area contributed by atoms with Crippen molar-refractivity contribution in [2.75, 3.05) is 14.2 Å². The van der Waals surface area contributed by atoms with Crippen molar-refractivity contribution in [3.63, 3.8) is 0 Å². The Balaban J connectivity index is 2.50. The lowest BCUT2D eigenvalue weighted by atomic mass is 9.91. The summed E-state index contributed by atoms with van der Waals surface area (Å²) < 4.78 is 14.9. The van der Waals surface area contributed by atoms with Gasteiger partial charge in [0.2, 0.25) is 0 Å². The maximum absolute atomic E-state index is 12.4. The molecule has 0 radical (unpaired) electrons. The highest BCUT2D eigenvalue weighted by molar-refractivity contribution is 5.96. The second kappa shape index (κ2) is 8.73. The van der Waals surface area contributed by atoms with E-state index in [0.717, 1.165) is 10.8 Å². The molecule has 1 amide bonds. The highest BCUT2D eigenvalue weighted by Crippen LogP contribution is 2.28. The summed E-state index contributed by atoms with van der Waals surface area (Å²) in [5.74, 6) is -3.02. The van der Waals surface area contributed by atoms with Gasteiger partial charge in [-0.3, -0.25) is 9.59 Å². The minimum atomic E-state index is -1.39. The number of rotatable bonds is 5. The first-order valence-electron chi connectivity index (χ1n) is 8.80. The number of hydrogen-bond donors (Lipinski definition) is 1. The molecule has 7 nitrogen and oxygen atoms in total. The topological polar surface area (TPSA) is 90.9 Å². The maximum Gasteiger partial charge on any atom is 0.408 e. The molecule has 0 heterocycles. The molecule has 0 aliphatic rings. The van der Waals surface area contributed by atoms with E-state index in [1.165, 1.54) is 14.2 Å². The highest BCUT2D eigenvalue weighted by atomic mass is 16.6. The van der Waals surface area contributed by atoms with Crippen LogP contribution in [0.5, 0.6) is 0 Å². The second-order valence-electron chi connectivity index (χ2n) is 7.25. The average molecular weight is 387 g/mol. The molecule has 0 aromatic heterocycles. The van der Waals surface area contributed by atoms with Gasteiger partial charge in [-0.15, -0.1) is 0 Å². The van der Waals surface area contributed by atoms with E-state index < -0.39 is 35.6 Å². The van der Waals surface area contributed by atoms with Crippen molar-refractivity contribution in [3.8, 4) is 0 Å². The Kier molecular flexibility index (Phi) is 6.62. The Hall–Kier alpha value is -3.09. The molecule has 0 aliphatic carbocycles. The van der Waals surface area contributed by atoms with Crippen LogP contribution in [-0.2, 0) is 23.8 Å². The number of carbonyl (C=O) groups excluding carboxylic acids is 3. The first-order chi connectivity index (χ1) is 13.2. The number of methoxy groups -OCH3 is 2. The van der Waals surface area contributed by atoms with Gasteiger partial charge in [0.1, 0.15) is 5.60 Å². The van der Waals surface area contributed by atoms with E-state index in [2.05, 4.69) is 5.32 Å². The van der Waals surface area contributed by atoms with Crippen molar-refractivity contribution in [2.45, 2.75) is 32.4 Å². The molecule has 0 fully saturated rings. The SMILES string of the molecule is COC(=O)C(C(=O)OC)[C@H](NC(=O)OC(C)(C)C)c1ccc2ccccc2c1. The van der Waals surface area contributed by atoms with Crippen LogP contribution in [0, 0.1) is 5.92 Å². The van der Waals surface area contributed by atoms with E-state index in [1.54, 1.807) is 32.9 Å². The molecule has 0 spiro atoms. The van der Waals surface area contributed by atoms with Crippen molar-refractivity contribution >= 4 is 28.8 Å². The third kappa shape index (κ3) is 5.22. The highest BCUT2D eigenvalue weighted by Gasteiger charge is 2.39. The molecule has 1 N–H and O–H groups in total. The summed E-state index contributed by atoms with van der Waals surface area (Å²) in [6.07, 6.45) is -0.761. The van der Waals surface area contributed by atoms with Crippen LogP contribution in [0.25, 0.3) is 10.8 Å². The molecule has 2 rings (SSSR count). The molecule has 0 unspecified atom stereocenters. The summed E-state index contributed by atoms with van der Waals surface area (Å²) in [5.41, 5.74) is -0.199. The molecule has 0 aliphatic heterocycles. The fourth-order valence-electron chi connectivity index (χ4n) is 2.82. The number of hydrogen-bond acceptors (Lipinski definition) is 6. The van der Waals surface area contributed by atoms with E-state index in [0.29, 0.717) is 5.56 Å². The van der Waals surface area contributed by atoms with Crippen molar-refractivity contribution in [1.82, 2.24) is 5.32 Å². The lowest BCUT2D eigenvalue weighted by Gasteiger charge is -2.27. The monoisotopic (exact) mass is 387 g/mol. The fourth-order valence-corrected chi connectivity index (χ4v) is 2.82. The summed E-state index contributed by atoms with van der Waals surface area (Å²) in [6, 6.07) is 12.0. The number of fused-ring (bicyclic) bond motifs is 1. The quantitative estimate of drug-likeness (QED) is 0.481. The number of nitrogens with one attached hydrogen (secondary N) is 1. The van der Waals surface area contributed by atoms with Gasteiger partial charge >= 0.3 is 18.0 Å². The normalized spacial score (nSPS) is 12.4. The molecule has 0 saturated carbocycles. The third-order valence-electron chi connectivity index (χ3n) is 4.05. The summed E-state index contributed by atoms with van der Waals surface area (Å²) in [5, 5.41) is 4.50. The molecule has 150 valence electrons. The number of carbonyl (C=O) groups is 3. The summed E-state index contributed by atoms with van der Waals surface area (Å²) >= 11 is 0. The third-order valence-corrected chi connectivity index (χ3v) is 4.05. The zero-order chi connectivity index (χ0) is 20.9. The first kappa shape index (κ1) is 21.2. The van der Waals surface area contributed by atoms with Crippen LogP contribution in [0.3, 0.4) is 0 Å². The van der Waals surface area contributed by atoms with Crippen LogP contribution in [-0.4, -0.2) is 37.9 Å². The summed E-state index contributed by atoms with van der Waals surface area (Å²) in [6.45, 7) is 5.15. The Morgan fingerprint density at radius 1 is 0.893 bits per heavy atom. The summed E-state index contributed by atoms with van der Waals surface area (Å²) in [4.78, 5) is 37.1. The number of amides is 1. The van der Waals surface area contributed by atoms with Gasteiger partial charge in [0.15, 0.2) is 5.92 Å². The van der Waals surface area contributed by atoms with Crippen LogP contribution >= 0.6 is 0 Å². The number of benzene rings is 2. The van der Waals surface area contributed by atoms with E-state index in [4.69, 9.17) is 14.2 Å². The Bertz CT molecular complexity index is 855. The van der Waals surface area contributed by atoms with E-state index in [-0.39, 0.29) is 0 Å². The standard InChI is InChI=1S/C21H25NO6/c1-21(2,3)28-20(25)22-17(16(18(23)26-4)19(24)27-5)15-11-10-13-8-6-7-9-14(13)12-15/h6-12,16-17H,1-5H3,(H,22,25)/t17-/m1/s1. The lowest BCUT2D eigenvalue weighted by molar-refractivity contribution is -0.160. The van der Waals surface area contributed by atoms with Gasteiger partial charge in [-0.1, -0.05) is 36.4 Å². The van der Waals surface area contributed by atoms with Crippen molar-refractivity contribution in [1.29, 1.82) is 0 Å². The van der Waals surface area contributed by atoms with Gasteiger partial charge in [0.25, 0.3) is 0 Å². The lowest BCUT2D eigenvalue weighted by Crippen LogP contribution is -2.43. The fraction of sp³-hybridized carbons (Fsp3) is 0.381. The van der Waals surface area contributed by atoms with Crippen molar-refractivity contribution in [2.24, 2.45) is 5.92 Å². The van der Waals surface area contributed by atoms with E-state index >= 15 is 0 Å². The molecule has 2 aromatic rings. The zero-order valence-corrected chi connectivity index (χ0v) is 16.6. The van der Waals surface area contributed by atoms with Gasteiger partial charge in [0.05, 0.1) is 20.3 Å². The predicted octanol–water partition coefficient (Wildman–Crippen LogP) is 3.37. The zero-order valence-electron chi connectivity index (χ0n) is 16.6. The van der Waals surface area contributed by atoms with E-state index in [1.807, 2.05) is 30.3 Å². The van der Waals surface area contributed by atoms with Gasteiger partial charge in [-0.05, 0) is 43.2 Å². The molecule has 28 heavy (non-hydrogen) atoms. The van der Waals surface area contributed by atoms with Crippen molar-refractivity contribution in [3.05, 3.63) is 48.0 Å². The number of ether oxygens (including phenoxy) is 3. The minimum Gasteiger partial charge on any atom is -0.468 e. The smallest absolute Gasteiger partial charge is 0.408 e. The Labute approximate surface area is 164 Å². The van der Waals surface area contributed by atoms with Gasteiger partial charge < -0.3 is 19.5 Å². The molecule has 2 aromatic carbocycles. The first-order valence-corrected chi connectivity index (χ1v) is 8.80. The van der Waals surface area contributed by atoms with E-state index in [9.17, 15) is 14.4 Å². The molecular weight excluding hydrogens is 362 g/mol. The van der Waals surface area contributed by atoms with Gasteiger partial charge in [-0.2, -0.15) is 0 Å². The van der Waals surface area contributed by atoms with Crippen molar-refractivity contribution < 1.29 is 28.6 Å². The molecule has 1 atom stereocenters. The average Bonchev–Trinajstić information content (AvgIpc) is 2.65. The minimum absolute atomic E-state index is 0.547. The predicted molar refractivity (Wildman–Crippen MR) is 104 cm³/mol. The number of esters is 2. The Morgan fingerprint density at radius 3 is 2.00 bits per heavy atom. The van der Waals surface area contributed by atoms with Gasteiger partial charge in [0, 0.05) is 0 Å². The van der Waals surface area contributed by atoms with Gasteiger partial charge in [-0.25, -0.2) is 4.79 Å². The molecular formula is C21H25NO6. The van der Waals surface area contributed by atoms with Crippen LogP contribution in [0.1, 0.15) is 32.4 Å². The molecule has 7 heteroatoms. The van der Waals surface area contributed by atoms with Crippen LogP contribution in [0.4, 0.5) is 4.79 Å². The molecule has 0 saturated heterocycles. The summed E-state index contributed by atoms with van der Waals surface area (Å²) in [7, 11) is 2.34. The second-order valence-corrected chi connectivity index (χ2v) is 7.25.